The van der Waals surface area contributed by atoms with Crippen molar-refractivity contribution in [2.45, 2.75) is 39.2 Å². The van der Waals surface area contributed by atoms with Crippen molar-refractivity contribution in [2.24, 2.45) is 0 Å². The number of fused-ring (bicyclic) bond motifs is 2. The first-order valence-electron chi connectivity index (χ1n) is 11.0. The number of rotatable bonds is 4. The Labute approximate surface area is 190 Å². The molecule has 0 radical (unpaired) electrons. The van der Waals surface area contributed by atoms with Crippen LogP contribution in [0.3, 0.4) is 0 Å². The van der Waals surface area contributed by atoms with Crippen molar-refractivity contribution in [1.82, 2.24) is 19.2 Å². The molecule has 3 aromatic heterocycles. The van der Waals surface area contributed by atoms with Crippen LogP contribution in [0, 0.1) is 24.1 Å². The van der Waals surface area contributed by atoms with Crippen LogP contribution in [0.2, 0.25) is 0 Å². The maximum atomic E-state index is 13.4. The minimum Gasteiger partial charge on any atom is -0.313 e. The van der Waals surface area contributed by atoms with Crippen molar-refractivity contribution in [1.29, 1.82) is 5.26 Å². The van der Waals surface area contributed by atoms with E-state index in [2.05, 4.69) is 16.3 Å². The first-order valence-corrected chi connectivity index (χ1v) is 11.0. The van der Waals surface area contributed by atoms with Crippen molar-refractivity contribution >= 4 is 22.9 Å². The Hall–Kier alpha value is -4.05. The van der Waals surface area contributed by atoms with Gasteiger partial charge in [0.15, 0.2) is 5.82 Å². The second-order valence-electron chi connectivity index (χ2n) is 8.25. The van der Waals surface area contributed by atoms with Gasteiger partial charge in [0, 0.05) is 30.3 Å². The van der Waals surface area contributed by atoms with Crippen molar-refractivity contribution in [3.8, 4) is 6.07 Å². The minimum absolute atomic E-state index is 0.205. The lowest BCUT2D eigenvalue weighted by Crippen LogP contribution is -2.07. The van der Waals surface area contributed by atoms with Crippen LogP contribution in [0.4, 0.5) is 4.39 Å². The Morgan fingerprint density at radius 1 is 1.12 bits per heavy atom. The number of halogens is 1. The van der Waals surface area contributed by atoms with Crippen LogP contribution in [0.15, 0.2) is 48.7 Å². The summed E-state index contributed by atoms with van der Waals surface area (Å²) in [7, 11) is 0. The lowest BCUT2D eigenvalue weighted by atomic mass is 10.0. The maximum absolute atomic E-state index is 13.4. The Balaban J connectivity index is 1.66. The largest absolute Gasteiger partial charge is 0.313 e. The highest BCUT2D eigenvalue weighted by molar-refractivity contribution is 6.11. The summed E-state index contributed by atoms with van der Waals surface area (Å²) in [5, 5.41) is 18.7. The van der Waals surface area contributed by atoms with Gasteiger partial charge in [-0.15, -0.1) is 10.2 Å². The van der Waals surface area contributed by atoms with Gasteiger partial charge in [-0.2, -0.15) is 5.26 Å². The summed E-state index contributed by atoms with van der Waals surface area (Å²) < 4.78 is 17.3. The molecule has 33 heavy (non-hydrogen) atoms. The third-order valence-electron chi connectivity index (χ3n) is 6.22. The lowest BCUT2D eigenvalue weighted by Gasteiger charge is -2.06. The van der Waals surface area contributed by atoms with Crippen molar-refractivity contribution in [3.05, 3.63) is 88.5 Å². The van der Waals surface area contributed by atoms with E-state index < -0.39 is 5.82 Å². The number of pyridine rings is 1. The smallest absolute Gasteiger partial charge is 0.210 e. The molecule has 0 N–H and O–H groups in total. The normalized spacial score (nSPS) is 14.0. The van der Waals surface area contributed by atoms with E-state index in [9.17, 15) is 14.4 Å². The molecule has 0 atom stereocenters. The van der Waals surface area contributed by atoms with Crippen LogP contribution < -0.4 is 0 Å². The van der Waals surface area contributed by atoms with E-state index in [0.29, 0.717) is 22.7 Å². The average Bonchev–Trinajstić information content (AvgIpc) is 3.25. The number of allylic oxidation sites excluding steroid dienone is 1. The highest BCUT2D eigenvalue weighted by Crippen LogP contribution is 2.30. The van der Waals surface area contributed by atoms with Crippen molar-refractivity contribution in [2.75, 3.05) is 0 Å². The molecule has 0 fully saturated rings. The van der Waals surface area contributed by atoms with E-state index >= 15 is 0 Å². The van der Waals surface area contributed by atoms with Gasteiger partial charge in [0.25, 0.3) is 0 Å². The monoisotopic (exact) mass is 439 g/mol. The molecule has 0 spiro atoms. The van der Waals surface area contributed by atoms with Gasteiger partial charge >= 0.3 is 0 Å². The molecular weight excluding hydrogens is 417 g/mol. The quantitative estimate of drug-likeness (QED) is 0.331. The standard InChI is InChI=1S/C26H22FN5O/c1-17-21(15-19(16-28)26-30-29-23-8-3-2-5-14-32(23)26)22-7-4-6-13-31(22)24(17)25(33)18-9-11-20(27)12-10-18/h4,6-7,9-13,15H,2-3,5,8,14H2,1H3. The van der Waals surface area contributed by atoms with E-state index in [4.69, 9.17) is 0 Å². The number of carbonyl (C=O) groups excluding carboxylic acids is 1. The number of nitrogens with zero attached hydrogens (tertiary/aromatic N) is 5. The van der Waals surface area contributed by atoms with Crippen LogP contribution in [0.25, 0.3) is 17.2 Å². The Morgan fingerprint density at radius 2 is 1.94 bits per heavy atom. The van der Waals surface area contributed by atoms with E-state index in [0.717, 1.165) is 54.7 Å². The van der Waals surface area contributed by atoms with Gasteiger partial charge in [0.05, 0.1) is 16.8 Å². The fraction of sp³-hybridized carbons (Fsp3) is 0.231. The third-order valence-corrected chi connectivity index (χ3v) is 6.22. The zero-order chi connectivity index (χ0) is 22.9. The number of aryl methyl sites for hydroxylation is 1. The molecule has 0 amide bonds. The molecule has 6 nitrogen and oxygen atoms in total. The average molecular weight is 439 g/mol. The van der Waals surface area contributed by atoms with E-state index in [1.54, 1.807) is 6.08 Å². The fourth-order valence-electron chi connectivity index (χ4n) is 4.53. The second-order valence-corrected chi connectivity index (χ2v) is 8.25. The number of benzene rings is 1. The number of carbonyl (C=O) groups is 1. The summed E-state index contributed by atoms with van der Waals surface area (Å²) >= 11 is 0. The van der Waals surface area contributed by atoms with Crippen LogP contribution >= 0.6 is 0 Å². The molecular formula is C26H22FN5O. The summed E-state index contributed by atoms with van der Waals surface area (Å²) in [5.74, 6) is 0.881. The second kappa shape index (κ2) is 8.47. The van der Waals surface area contributed by atoms with Crippen molar-refractivity contribution < 1.29 is 9.18 Å². The zero-order valence-corrected chi connectivity index (χ0v) is 18.3. The van der Waals surface area contributed by atoms with Gasteiger partial charge < -0.3 is 8.97 Å². The summed E-state index contributed by atoms with van der Waals surface area (Å²) in [4.78, 5) is 13.4. The van der Waals surface area contributed by atoms with E-state index in [-0.39, 0.29) is 5.78 Å². The predicted molar refractivity (Wildman–Crippen MR) is 123 cm³/mol. The molecule has 164 valence electrons. The van der Waals surface area contributed by atoms with Gasteiger partial charge in [0.2, 0.25) is 5.78 Å². The molecule has 4 aromatic rings. The highest BCUT2D eigenvalue weighted by atomic mass is 19.1. The number of nitriles is 1. The minimum atomic E-state index is -0.391. The first-order chi connectivity index (χ1) is 16.1. The molecule has 0 bridgehead atoms. The third kappa shape index (κ3) is 3.64. The Kier molecular flexibility index (Phi) is 5.35. The number of hydrogen-bond donors (Lipinski definition) is 0. The Bertz CT molecular complexity index is 1440. The molecule has 5 rings (SSSR count). The van der Waals surface area contributed by atoms with Crippen LogP contribution in [-0.2, 0) is 13.0 Å². The predicted octanol–water partition coefficient (Wildman–Crippen LogP) is 5.00. The summed E-state index contributed by atoms with van der Waals surface area (Å²) in [5.41, 5.74) is 3.64. The molecule has 1 aliphatic rings. The maximum Gasteiger partial charge on any atom is 0.210 e. The van der Waals surface area contributed by atoms with E-state index in [1.807, 2.05) is 40.3 Å². The molecule has 0 unspecified atom stereocenters. The molecule has 1 aromatic carbocycles. The first kappa shape index (κ1) is 20.8. The zero-order valence-electron chi connectivity index (χ0n) is 18.3. The fourth-order valence-corrected chi connectivity index (χ4v) is 4.53. The van der Waals surface area contributed by atoms with Crippen LogP contribution in [0.1, 0.15) is 58.1 Å². The summed E-state index contributed by atoms with van der Waals surface area (Å²) in [6.07, 6.45) is 7.71. The Morgan fingerprint density at radius 3 is 2.73 bits per heavy atom. The number of hydrogen-bond acceptors (Lipinski definition) is 4. The van der Waals surface area contributed by atoms with Crippen LogP contribution in [-0.4, -0.2) is 24.9 Å². The van der Waals surface area contributed by atoms with Gasteiger partial charge in [-0.05, 0) is 67.8 Å². The summed E-state index contributed by atoms with van der Waals surface area (Å²) in [6, 6.07) is 13.5. The molecule has 0 aliphatic carbocycles. The molecule has 4 heterocycles. The molecule has 0 saturated heterocycles. The molecule has 0 saturated carbocycles. The molecule has 7 heteroatoms. The van der Waals surface area contributed by atoms with Gasteiger partial charge in [-0.25, -0.2) is 4.39 Å². The van der Waals surface area contributed by atoms with Gasteiger partial charge in [-0.3, -0.25) is 4.79 Å². The van der Waals surface area contributed by atoms with Crippen LogP contribution in [0.5, 0.6) is 0 Å². The van der Waals surface area contributed by atoms with Crippen molar-refractivity contribution in [3.63, 3.8) is 0 Å². The SMILES string of the molecule is Cc1c(C=C(C#N)c2nnc3n2CCCCC3)c2ccccn2c1C(=O)c1ccc(F)cc1. The topological polar surface area (TPSA) is 76.0 Å². The lowest BCUT2D eigenvalue weighted by molar-refractivity contribution is 0.103. The number of aromatic nitrogens is 4. The van der Waals surface area contributed by atoms with E-state index in [1.165, 1.54) is 24.3 Å². The van der Waals surface area contributed by atoms with Gasteiger partial charge in [0.1, 0.15) is 17.7 Å². The highest BCUT2D eigenvalue weighted by Gasteiger charge is 2.23. The number of ketones is 1. The summed E-state index contributed by atoms with van der Waals surface area (Å²) in [6.45, 7) is 2.66. The van der Waals surface area contributed by atoms with Gasteiger partial charge in [-0.1, -0.05) is 12.5 Å². The molecule has 1 aliphatic heterocycles.